The maximum Gasteiger partial charge on any atom is 0.244 e. The number of nitrogens with zero attached hydrogens (tertiary/aromatic N) is 1. The summed E-state index contributed by atoms with van der Waals surface area (Å²) in [6.07, 6.45) is 0. The van der Waals surface area contributed by atoms with Crippen molar-refractivity contribution in [2.45, 2.75) is 31.3 Å². The Morgan fingerprint density at radius 1 is 1.17 bits per heavy atom. The second-order valence-corrected chi connectivity index (χ2v) is 6.88. The zero-order valence-corrected chi connectivity index (χ0v) is 14.2. The van der Waals surface area contributed by atoms with E-state index in [-0.39, 0.29) is 28.9 Å². The number of anilines is 1. The lowest BCUT2D eigenvalue weighted by molar-refractivity contribution is -0.147. The van der Waals surface area contributed by atoms with Crippen molar-refractivity contribution in [2.24, 2.45) is 0 Å². The number of hydrogen-bond donors (Lipinski definition) is 1. The van der Waals surface area contributed by atoms with Gasteiger partial charge in [-0.1, -0.05) is 0 Å². The number of carbonyl (C=O) groups is 3. The summed E-state index contributed by atoms with van der Waals surface area (Å²) in [7, 11) is 0. The van der Waals surface area contributed by atoms with Crippen LogP contribution in [-0.2, 0) is 14.4 Å². The van der Waals surface area contributed by atoms with Crippen LogP contribution in [-0.4, -0.2) is 46.3 Å². The monoisotopic (exact) mass is 336 g/mol. The summed E-state index contributed by atoms with van der Waals surface area (Å²) in [5.41, 5.74) is 0.589. The minimum atomic E-state index is -0.401. The van der Waals surface area contributed by atoms with E-state index in [0.717, 1.165) is 4.90 Å². The Kier molecular flexibility index (Phi) is 5.65. The van der Waals surface area contributed by atoms with Crippen molar-refractivity contribution in [2.75, 3.05) is 18.5 Å². The van der Waals surface area contributed by atoms with E-state index in [4.69, 9.17) is 4.74 Å². The van der Waals surface area contributed by atoms with Crippen molar-refractivity contribution >= 4 is 35.2 Å². The van der Waals surface area contributed by atoms with Gasteiger partial charge >= 0.3 is 0 Å². The number of nitrogens with one attached hydrogen (secondary N) is 1. The van der Waals surface area contributed by atoms with Gasteiger partial charge in [0.05, 0.1) is 17.1 Å². The Balaban J connectivity index is 1.98. The molecule has 6 nitrogen and oxygen atoms in total. The molecule has 1 aromatic rings. The summed E-state index contributed by atoms with van der Waals surface area (Å²) in [5, 5.41) is 2.04. The first-order valence-electron chi connectivity index (χ1n) is 7.45. The van der Waals surface area contributed by atoms with Crippen molar-refractivity contribution in [1.82, 2.24) is 4.90 Å². The molecule has 1 saturated heterocycles. The molecule has 2 rings (SSSR count). The molecule has 2 atom stereocenters. The van der Waals surface area contributed by atoms with Gasteiger partial charge in [-0.2, -0.15) is 0 Å². The maximum atomic E-state index is 12.1. The smallest absolute Gasteiger partial charge is 0.244 e. The molecule has 1 N–H and O–H groups in total. The lowest BCUT2D eigenvalue weighted by Gasteiger charge is -2.31. The Morgan fingerprint density at radius 3 is 2.26 bits per heavy atom. The molecule has 1 fully saturated rings. The van der Waals surface area contributed by atoms with Crippen LogP contribution >= 0.6 is 11.8 Å². The standard InChI is InChI=1S/C16H20N2O4S/c1-4-22-13-7-5-12(6-8-13)17-14(19)9-18-15(20)10(2)23-11(3)16(18)21/h5-8,10-11H,4,9H2,1-3H3,(H,17,19)/t10-,11+. The third-order valence-corrected chi connectivity index (χ3v) is 4.61. The molecule has 1 heterocycles. The number of hydrogen-bond acceptors (Lipinski definition) is 5. The van der Waals surface area contributed by atoms with Gasteiger partial charge in [0.25, 0.3) is 0 Å². The molecule has 0 spiro atoms. The van der Waals surface area contributed by atoms with E-state index in [1.54, 1.807) is 38.1 Å². The van der Waals surface area contributed by atoms with Crippen LogP contribution in [0.5, 0.6) is 5.75 Å². The molecule has 124 valence electrons. The SMILES string of the molecule is CCOc1ccc(NC(=O)CN2C(=O)[C@H](C)S[C@H](C)C2=O)cc1. The van der Waals surface area contributed by atoms with Crippen LogP contribution in [0, 0.1) is 0 Å². The fourth-order valence-corrected chi connectivity index (χ4v) is 3.37. The van der Waals surface area contributed by atoms with Crippen LogP contribution in [0.25, 0.3) is 0 Å². The van der Waals surface area contributed by atoms with Crippen LogP contribution in [0.3, 0.4) is 0 Å². The van der Waals surface area contributed by atoms with Gasteiger partial charge in [-0.3, -0.25) is 19.3 Å². The lowest BCUT2D eigenvalue weighted by atomic mass is 10.2. The van der Waals surface area contributed by atoms with Crippen LogP contribution in [0.2, 0.25) is 0 Å². The summed E-state index contributed by atoms with van der Waals surface area (Å²) in [5.74, 6) is -0.325. The molecule has 0 saturated carbocycles. The topological polar surface area (TPSA) is 75.7 Å². The first-order chi connectivity index (χ1) is 10.9. The molecule has 3 amide bonds. The molecular formula is C16H20N2O4S. The van der Waals surface area contributed by atoms with Crippen LogP contribution in [0.1, 0.15) is 20.8 Å². The van der Waals surface area contributed by atoms with Crippen LogP contribution in [0.4, 0.5) is 5.69 Å². The summed E-state index contributed by atoms with van der Waals surface area (Å²) < 4.78 is 5.33. The first kappa shape index (κ1) is 17.3. The largest absolute Gasteiger partial charge is 0.494 e. The maximum absolute atomic E-state index is 12.1. The van der Waals surface area contributed by atoms with Crippen molar-refractivity contribution < 1.29 is 19.1 Å². The molecule has 0 unspecified atom stereocenters. The van der Waals surface area contributed by atoms with Crippen molar-refractivity contribution in [3.05, 3.63) is 24.3 Å². The van der Waals surface area contributed by atoms with Gasteiger partial charge in [0.15, 0.2) is 0 Å². The molecule has 1 aliphatic heterocycles. The van der Waals surface area contributed by atoms with E-state index in [9.17, 15) is 14.4 Å². The number of amides is 3. The van der Waals surface area contributed by atoms with E-state index in [0.29, 0.717) is 18.0 Å². The Morgan fingerprint density at radius 2 is 1.74 bits per heavy atom. The summed E-state index contributed by atoms with van der Waals surface area (Å²) in [6, 6.07) is 6.92. The van der Waals surface area contributed by atoms with Gasteiger partial charge in [-0.05, 0) is 45.0 Å². The molecular weight excluding hydrogens is 316 g/mol. The fourth-order valence-electron chi connectivity index (χ4n) is 2.27. The average Bonchev–Trinajstić information content (AvgIpc) is 2.52. The van der Waals surface area contributed by atoms with Crippen LogP contribution in [0.15, 0.2) is 24.3 Å². The highest BCUT2D eigenvalue weighted by molar-refractivity contribution is 8.02. The quantitative estimate of drug-likeness (QED) is 0.831. The van der Waals surface area contributed by atoms with Gasteiger partial charge < -0.3 is 10.1 Å². The second kappa shape index (κ2) is 7.50. The Hall–Kier alpha value is -2.02. The molecule has 1 aromatic carbocycles. The van der Waals surface area contributed by atoms with Crippen molar-refractivity contribution in [3.8, 4) is 5.75 Å². The molecule has 0 radical (unpaired) electrons. The zero-order chi connectivity index (χ0) is 17.0. The number of imide groups is 1. The molecule has 7 heteroatoms. The van der Waals surface area contributed by atoms with E-state index < -0.39 is 5.91 Å². The highest BCUT2D eigenvalue weighted by atomic mass is 32.2. The molecule has 0 bridgehead atoms. The number of rotatable bonds is 5. The summed E-state index contributed by atoms with van der Waals surface area (Å²) in [6.45, 7) is 5.68. The second-order valence-electron chi connectivity index (χ2n) is 5.19. The van der Waals surface area contributed by atoms with Gasteiger partial charge in [0.2, 0.25) is 17.7 Å². The fraction of sp³-hybridized carbons (Fsp3) is 0.438. The van der Waals surface area contributed by atoms with Gasteiger partial charge in [0, 0.05) is 5.69 Å². The highest BCUT2D eigenvalue weighted by Gasteiger charge is 2.37. The molecule has 0 aliphatic carbocycles. The minimum Gasteiger partial charge on any atom is -0.494 e. The Bertz CT molecular complexity index is 583. The van der Waals surface area contributed by atoms with Gasteiger partial charge in [0.1, 0.15) is 12.3 Å². The van der Waals surface area contributed by atoms with E-state index in [1.165, 1.54) is 11.8 Å². The summed E-state index contributed by atoms with van der Waals surface area (Å²) in [4.78, 5) is 37.3. The highest BCUT2D eigenvalue weighted by Crippen LogP contribution is 2.26. The number of thioether (sulfide) groups is 1. The normalized spacial score (nSPS) is 21.3. The van der Waals surface area contributed by atoms with Crippen molar-refractivity contribution in [1.29, 1.82) is 0 Å². The molecule has 0 aromatic heterocycles. The third kappa shape index (κ3) is 4.25. The molecule has 23 heavy (non-hydrogen) atoms. The average molecular weight is 336 g/mol. The number of carbonyl (C=O) groups excluding carboxylic acids is 3. The van der Waals surface area contributed by atoms with Gasteiger partial charge in [-0.15, -0.1) is 11.8 Å². The Labute approximate surface area is 139 Å². The number of benzene rings is 1. The minimum absolute atomic E-state index is 0.264. The van der Waals surface area contributed by atoms with Crippen molar-refractivity contribution in [3.63, 3.8) is 0 Å². The van der Waals surface area contributed by atoms with E-state index in [2.05, 4.69) is 5.32 Å². The predicted molar refractivity (Wildman–Crippen MR) is 89.5 cm³/mol. The van der Waals surface area contributed by atoms with E-state index >= 15 is 0 Å². The third-order valence-electron chi connectivity index (χ3n) is 3.39. The number of ether oxygens (including phenoxy) is 1. The summed E-state index contributed by atoms with van der Waals surface area (Å²) >= 11 is 1.31. The molecule has 1 aliphatic rings. The first-order valence-corrected chi connectivity index (χ1v) is 8.40. The van der Waals surface area contributed by atoms with Crippen LogP contribution < -0.4 is 10.1 Å². The predicted octanol–water partition coefficient (Wildman–Crippen LogP) is 1.90. The van der Waals surface area contributed by atoms with Gasteiger partial charge in [-0.25, -0.2) is 0 Å². The zero-order valence-electron chi connectivity index (χ0n) is 13.4. The lowest BCUT2D eigenvalue weighted by Crippen LogP contribution is -2.52. The van der Waals surface area contributed by atoms with E-state index in [1.807, 2.05) is 6.92 Å².